The van der Waals surface area contributed by atoms with E-state index in [2.05, 4.69) is 15.4 Å². The molecule has 0 saturated carbocycles. The highest BCUT2D eigenvalue weighted by Crippen LogP contribution is 2.20. The molecule has 1 atom stereocenters. The lowest BCUT2D eigenvalue weighted by Gasteiger charge is -2.23. The minimum atomic E-state index is -2.94. The van der Waals surface area contributed by atoms with Gasteiger partial charge in [0, 0.05) is 12.6 Å². The number of carbonyl (C=O) groups excluding carboxylic acids is 1. The molecule has 1 unspecified atom stereocenters. The van der Waals surface area contributed by atoms with Crippen LogP contribution in [-0.2, 0) is 0 Å². The molecule has 1 heterocycles. The second kappa shape index (κ2) is 7.93. The molecular formula is C15H20F2N2O2. The molecule has 1 aromatic rings. The van der Waals surface area contributed by atoms with Crippen molar-refractivity contribution in [3.05, 3.63) is 29.8 Å². The van der Waals surface area contributed by atoms with Crippen LogP contribution >= 0.6 is 0 Å². The number of para-hydroxylation sites is 1. The summed E-state index contributed by atoms with van der Waals surface area (Å²) in [6.07, 6.45) is 4.35. The van der Waals surface area contributed by atoms with Crippen molar-refractivity contribution in [2.24, 2.45) is 0 Å². The second-order valence-corrected chi connectivity index (χ2v) is 5.07. The maximum absolute atomic E-state index is 12.3. The SMILES string of the molecule is O=C(NCCC1CCCCN1)c1ccccc1OC(F)F. The van der Waals surface area contributed by atoms with E-state index in [9.17, 15) is 13.6 Å². The van der Waals surface area contributed by atoms with Crippen molar-refractivity contribution in [2.75, 3.05) is 13.1 Å². The zero-order chi connectivity index (χ0) is 15.1. The zero-order valence-electron chi connectivity index (χ0n) is 11.8. The van der Waals surface area contributed by atoms with Crippen molar-refractivity contribution < 1.29 is 18.3 Å². The fourth-order valence-electron chi connectivity index (χ4n) is 2.48. The monoisotopic (exact) mass is 298 g/mol. The molecular weight excluding hydrogens is 278 g/mol. The first-order chi connectivity index (χ1) is 10.2. The lowest BCUT2D eigenvalue weighted by molar-refractivity contribution is -0.0501. The topological polar surface area (TPSA) is 50.4 Å². The van der Waals surface area contributed by atoms with Gasteiger partial charge >= 0.3 is 6.61 Å². The van der Waals surface area contributed by atoms with Crippen molar-refractivity contribution in [3.63, 3.8) is 0 Å². The Kier molecular flexibility index (Phi) is 5.92. The Morgan fingerprint density at radius 2 is 2.19 bits per heavy atom. The number of hydrogen-bond donors (Lipinski definition) is 2. The molecule has 0 aliphatic carbocycles. The van der Waals surface area contributed by atoms with E-state index in [4.69, 9.17) is 0 Å². The maximum atomic E-state index is 12.3. The number of ether oxygens (including phenoxy) is 1. The van der Waals surface area contributed by atoms with Gasteiger partial charge < -0.3 is 15.4 Å². The molecule has 0 aromatic heterocycles. The lowest BCUT2D eigenvalue weighted by Crippen LogP contribution is -2.37. The van der Waals surface area contributed by atoms with Gasteiger partial charge in [-0.15, -0.1) is 0 Å². The number of halogens is 2. The Bertz CT molecular complexity index is 463. The summed E-state index contributed by atoms with van der Waals surface area (Å²) in [7, 11) is 0. The Hall–Kier alpha value is -1.69. The first-order valence-corrected chi connectivity index (χ1v) is 7.22. The minimum Gasteiger partial charge on any atom is -0.434 e. The summed E-state index contributed by atoms with van der Waals surface area (Å²) in [4.78, 5) is 12.0. The average Bonchev–Trinajstić information content (AvgIpc) is 2.48. The van der Waals surface area contributed by atoms with Gasteiger partial charge in [0.2, 0.25) is 0 Å². The third-order valence-corrected chi connectivity index (χ3v) is 3.54. The Morgan fingerprint density at radius 1 is 1.38 bits per heavy atom. The maximum Gasteiger partial charge on any atom is 0.387 e. The smallest absolute Gasteiger partial charge is 0.387 e. The van der Waals surface area contributed by atoms with Gasteiger partial charge in [0.25, 0.3) is 5.91 Å². The minimum absolute atomic E-state index is 0.0965. The molecule has 4 nitrogen and oxygen atoms in total. The van der Waals surface area contributed by atoms with Gasteiger partial charge in [0.15, 0.2) is 0 Å². The number of nitrogens with one attached hydrogen (secondary N) is 2. The quantitative estimate of drug-likeness (QED) is 0.848. The third kappa shape index (κ3) is 4.97. The summed E-state index contributed by atoms with van der Waals surface area (Å²) in [6.45, 7) is -1.41. The van der Waals surface area contributed by atoms with E-state index in [1.807, 2.05) is 0 Å². The highest BCUT2D eigenvalue weighted by molar-refractivity contribution is 5.96. The Morgan fingerprint density at radius 3 is 2.90 bits per heavy atom. The van der Waals surface area contributed by atoms with E-state index in [1.165, 1.54) is 25.0 Å². The normalized spacial score (nSPS) is 18.5. The predicted molar refractivity (Wildman–Crippen MR) is 75.7 cm³/mol. The van der Waals surface area contributed by atoms with Crippen LogP contribution in [0.5, 0.6) is 5.75 Å². The molecule has 2 N–H and O–H groups in total. The van der Waals surface area contributed by atoms with Crippen molar-refractivity contribution in [1.29, 1.82) is 0 Å². The lowest BCUT2D eigenvalue weighted by atomic mass is 10.0. The van der Waals surface area contributed by atoms with Gasteiger partial charge in [0.05, 0.1) is 5.56 Å². The molecule has 1 fully saturated rings. The van der Waals surface area contributed by atoms with Crippen molar-refractivity contribution in [2.45, 2.75) is 38.3 Å². The summed E-state index contributed by atoms with van der Waals surface area (Å²) in [5.41, 5.74) is 0.134. The molecule has 6 heteroatoms. The number of benzene rings is 1. The van der Waals surface area contributed by atoms with Crippen LogP contribution in [0.15, 0.2) is 24.3 Å². The standard InChI is InChI=1S/C15H20F2N2O2/c16-15(17)21-13-7-2-1-6-12(13)14(20)19-10-8-11-5-3-4-9-18-11/h1-2,6-7,11,15,18H,3-5,8-10H2,(H,19,20). The van der Waals surface area contributed by atoms with Gasteiger partial charge in [-0.25, -0.2) is 0 Å². The van der Waals surface area contributed by atoms with Crippen LogP contribution in [-0.4, -0.2) is 31.7 Å². The van der Waals surface area contributed by atoms with E-state index in [0.29, 0.717) is 12.6 Å². The zero-order valence-corrected chi connectivity index (χ0v) is 11.8. The van der Waals surface area contributed by atoms with Crippen LogP contribution in [0.3, 0.4) is 0 Å². The van der Waals surface area contributed by atoms with Crippen LogP contribution in [0.25, 0.3) is 0 Å². The van der Waals surface area contributed by atoms with Gasteiger partial charge in [-0.1, -0.05) is 18.6 Å². The van der Waals surface area contributed by atoms with E-state index >= 15 is 0 Å². The number of hydrogen-bond acceptors (Lipinski definition) is 3. The first kappa shape index (κ1) is 15.7. The molecule has 0 spiro atoms. The highest BCUT2D eigenvalue weighted by atomic mass is 19.3. The van der Waals surface area contributed by atoms with Crippen LogP contribution < -0.4 is 15.4 Å². The molecule has 1 saturated heterocycles. The van der Waals surface area contributed by atoms with Crippen molar-refractivity contribution in [1.82, 2.24) is 10.6 Å². The van der Waals surface area contributed by atoms with Crippen LogP contribution in [0.2, 0.25) is 0 Å². The van der Waals surface area contributed by atoms with Gasteiger partial charge in [0.1, 0.15) is 5.75 Å². The molecule has 116 valence electrons. The average molecular weight is 298 g/mol. The van der Waals surface area contributed by atoms with Gasteiger partial charge in [-0.05, 0) is 37.9 Å². The number of alkyl halides is 2. The fraction of sp³-hybridized carbons (Fsp3) is 0.533. The molecule has 21 heavy (non-hydrogen) atoms. The summed E-state index contributed by atoms with van der Waals surface area (Å²) < 4.78 is 28.9. The molecule has 1 aliphatic heterocycles. The molecule has 0 bridgehead atoms. The van der Waals surface area contributed by atoms with E-state index in [0.717, 1.165) is 19.4 Å². The summed E-state index contributed by atoms with van der Waals surface area (Å²) in [6, 6.07) is 6.44. The summed E-state index contributed by atoms with van der Waals surface area (Å²) >= 11 is 0. The van der Waals surface area contributed by atoms with Gasteiger partial charge in [-0.2, -0.15) is 8.78 Å². The third-order valence-electron chi connectivity index (χ3n) is 3.54. The first-order valence-electron chi connectivity index (χ1n) is 7.22. The van der Waals surface area contributed by atoms with E-state index in [-0.39, 0.29) is 17.2 Å². The number of piperidine rings is 1. The van der Waals surface area contributed by atoms with Crippen LogP contribution in [0.1, 0.15) is 36.0 Å². The molecule has 1 aliphatic rings. The molecule has 1 amide bonds. The molecule has 1 aromatic carbocycles. The highest BCUT2D eigenvalue weighted by Gasteiger charge is 2.16. The second-order valence-electron chi connectivity index (χ2n) is 5.07. The number of rotatable bonds is 6. The molecule has 0 radical (unpaired) electrons. The Balaban J connectivity index is 1.85. The summed E-state index contributed by atoms with van der Waals surface area (Å²) in [5.74, 6) is -0.483. The summed E-state index contributed by atoms with van der Waals surface area (Å²) in [5, 5.41) is 6.15. The van der Waals surface area contributed by atoms with Crippen LogP contribution in [0, 0.1) is 0 Å². The number of carbonyl (C=O) groups is 1. The van der Waals surface area contributed by atoms with Crippen LogP contribution in [0.4, 0.5) is 8.78 Å². The van der Waals surface area contributed by atoms with Crippen molar-refractivity contribution >= 4 is 5.91 Å². The van der Waals surface area contributed by atoms with E-state index < -0.39 is 6.61 Å². The number of amides is 1. The van der Waals surface area contributed by atoms with E-state index in [1.54, 1.807) is 12.1 Å². The predicted octanol–water partition coefficient (Wildman–Crippen LogP) is 2.55. The Labute approximate surface area is 122 Å². The van der Waals surface area contributed by atoms with Crippen molar-refractivity contribution in [3.8, 4) is 5.75 Å². The van der Waals surface area contributed by atoms with Gasteiger partial charge in [-0.3, -0.25) is 4.79 Å². The largest absolute Gasteiger partial charge is 0.434 e. The molecule has 2 rings (SSSR count). The fourth-order valence-corrected chi connectivity index (χ4v) is 2.48.